The molecule has 2 atom stereocenters. The van der Waals surface area contributed by atoms with Crippen LogP contribution in [0, 0.1) is 6.92 Å². The Morgan fingerprint density at radius 1 is 1.33 bits per heavy atom. The Balaban J connectivity index is 1.69. The normalized spacial score (nSPS) is 20.7. The lowest BCUT2D eigenvalue weighted by Crippen LogP contribution is -2.32. The zero-order valence-electron chi connectivity index (χ0n) is 11.7. The van der Waals surface area contributed by atoms with Gasteiger partial charge in [-0.25, -0.2) is 0 Å². The first-order valence-corrected chi connectivity index (χ1v) is 6.94. The molecule has 2 N–H and O–H groups in total. The van der Waals surface area contributed by atoms with Gasteiger partial charge in [0, 0.05) is 12.5 Å². The summed E-state index contributed by atoms with van der Waals surface area (Å²) in [7, 11) is 0. The fourth-order valence-corrected chi connectivity index (χ4v) is 2.65. The van der Waals surface area contributed by atoms with Crippen LogP contribution in [0.1, 0.15) is 28.7 Å². The maximum Gasteiger partial charge on any atom is 0.244 e. The van der Waals surface area contributed by atoms with Crippen molar-refractivity contribution in [2.45, 2.75) is 25.5 Å². The van der Waals surface area contributed by atoms with E-state index in [0.29, 0.717) is 12.2 Å². The highest BCUT2D eigenvalue weighted by Crippen LogP contribution is 2.31. The van der Waals surface area contributed by atoms with Gasteiger partial charge in [0.2, 0.25) is 5.91 Å². The number of amides is 1. The number of aryl methyl sites for hydroxylation is 1. The summed E-state index contributed by atoms with van der Waals surface area (Å²) in [6, 6.07) is 11.1. The molecule has 0 radical (unpaired) electrons. The van der Waals surface area contributed by atoms with Gasteiger partial charge in [0.25, 0.3) is 0 Å². The summed E-state index contributed by atoms with van der Waals surface area (Å²) in [5, 5.41) is 12.9. The van der Waals surface area contributed by atoms with Gasteiger partial charge in [0.15, 0.2) is 0 Å². The van der Waals surface area contributed by atoms with Crippen LogP contribution < -0.4 is 5.32 Å². The van der Waals surface area contributed by atoms with E-state index in [4.69, 9.17) is 4.42 Å². The Morgan fingerprint density at radius 2 is 2.14 bits per heavy atom. The number of rotatable bonds is 3. The van der Waals surface area contributed by atoms with Gasteiger partial charge in [-0.15, -0.1) is 0 Å². The number of furan rings is 1. The topological polar surface area (TPSA) is 62.5 Å². The number of aliphatic hydroxyl groups is 1. The summed E-state index contributed by atoms with van der Waals surface area (Å²) >= 11 is 0. The van der Waals surface area contributed by atoms with E-state index in [-0.39, 0.29) is 11.9 Å². The van der Waals surface area contributed by atoms with E-state index in [1.807, 2.05) is 37.3 Å². The number of fused-ring (bicyclic) bond motifs is 1. The van der Waals surface area contributed by atoms with E-state index in [2.05, 4.69) is 5.32 Å². The summed E-state index contributed by atoms with van der Waals surface area (Å²) in [4.78, 5) is 12.0. The number of hydrogen-bond donors (Lipinski definition) is 2. The zero-order chi connectivity index (χ0) is 14.8. The van der Waals surface area contributed by atoms with Crippen molar-refractivity contribution >= 4 is 12.0 Å². The second kappa shape index (κ2) is 5.58. The highest BCUT2D eigenvalue weighted by Gasteiger charge is 2.31. The van der Waals surface area contributed by atoms with E-state index in [1.165, 1.54) is 6.08 Å². The Bertz CT molecular complexity index is 687. The van der Waals surface area contributed by atoms with E-state index in [1.54, 1.807) is 12.1 Å². The van der Waals surface area contributed by atoms with Gasteiger partial charge in [-0.1, -0.05) is 24.3 Å². The summed E-state index contributed by atoms with van der Waals surface area (Å²) in [6.45, 7) is 1.85. The minimum Gasteiger partial charge on any atom is -0.462 e. The number of hydrogen-bond acceptors (Lipinski definition) is 3. The molecule has 0 saturated heterocycles. The van der Waals surface area contributed by atoms with Crippen molar-refractivity contribution in [2.24, 2.45) is 0 Å². The molecular formula is C17H17NO3. The van der Waals surface area contributed by atoms with E-state index in [9.17, 15) is 9.90 Å². The molecule has 2 unspecified atom stereocenters. The lowest BCUT2D eigenvalue weighted by molar-refractivity contribution is -0.117. The first-order valence-electron chi connectivity index (χ1n) is 6.94. The lowest BCUT2D eigenvalue weighted by atomic mass is 10.1. The van der Waals surface area contributed by atoms with Crippen LogP contribution in [0.25, 0.3) is 6.08 Å². The third-order valence-electron chi connectivity index (χ3n) is 3.66. The number of nitrogens with one attached hydrogen (secondary N) is 1. The van der Waals surface area contributed by atoms with Crippen molar-refractivity contribution in [3.05, 3.63) is 65.1 Å². The molecule has 0 spiro atoms. The van der Waals surface area contributed by atoms with Gasteiger partial charge in [-0.05, 0) is 36.3 Å². The third-order valence-corrected chi connectivity index (χ3v) is 3.66. The number of carbonyl (C=O) groups excluding carboxylic acids is 1. The van der Waals surface area contributed by atoms with Gasteiger partial charge in [0.1, 0.15) is 11.5 Å². The summed E-state index contributed by atoms with van der Waals surface area (Å²) < 4.78 is 5.37. The minimum absolute atomic E-state index is 0.246. The molecule has 0 aliphatic heterocycles. The number of aliphatic hydroxyl groups excluding tert-OH is 1. The molecule has 0 fully saturated rings. The van der Waals surface area contributed by atoms with Crippen LogP contribution in [0.5, 0.6) is 0 Å². The number of benzene rings is 1. The Kier molecular flexibility index (Phi) is 3.62. The van der Waals surface area contributed by atoms with Gasteiger partial charge in [0.05, 0.1) is 12.1 Å². The largest absolute Gasteiger partial charge is 0.462 e. The molecule has 4 nitrogen and oxygen atoms in total. The maximum atomic E-state index is 12.0. The summed E-state index contributed by atoms with van der Waals surface area (Å²) in [5.74, 6) is 1.19. The second-order valence-corrected chi connectivity index (χ2v) is 5.24. The SMILES string of the molecule is Cc1ccc(/C=C/C(=O)NC2c3ccccc3CC2O)o1. The average molecular weight is 283 g/mol. The monoisotopic (exact) mass is 283 g/mol. The molecule has 1 heterocycles. The molecule has 1 aliphatic carbocycles. The first-order chi connectivity index (χ1) is 10.1. The summed E-state index contributed by atoms with van der Waals surface area (Å²) in [5.41, 5.74) is 2.07. The first kappa shape index (κ1) is 13.6. The molecular weight excluding hydrogens is 266 g/mol. The molecule has 2 aromatic rings. The lowest BCUT2D eigenvalue weighted by Gasteiger charge is -2.16. The standard InChI is InChI=1S/C17H17NO3/c1-11-6-7-13(21-11)8-9-16(20)18-17-14-5-3-2-4-12(14)10-15(17)19/h2-9,15,17,19H,10H2,1H3,(H,18,20)/b9-8+. The third kappa shape index (κ3) is 2.90. The van der Waals surface area contributed by atoms with Crippen LogP contribution in [0.2, 0.25) is 0 Å². The van der Waals surface area contributed by atoms with E-state index < -0.39 is 6.10 Å². The fraction of sp³-hybridized carbons (Fsp3) is 0.235. The van der Waals surface area contributed by atoms with Gasteiger partial charge >= 0.3 is 0 Å². The Labute approximate surface area is 123 Å². The zero-order valence-corrected chi connectivity index (χ0v) is 11.7. The van der Waals surface area contributed by atoms with Crippen LogP contribution in [-0.2, 0) is 11.2 Å². The Morgan fingerprint density at radius 3 is 2.90 bits per heavy atom. The van der Waals surface area contributed by atoms with Crippen LogP contribution in [-0.4, -0.2) is 17.1 Å². The van der Waals surface area contributed by atoms with Gasteiger partial charge < -0.3 is 14.8 Å². The van der Waals surface area contributed by atoms with E-state index in [0.717, 1.165) is 16.9 Å². The smallest absolute Gasteiger partial charge is 0.244 e. The predicted molar refractivity (Wildman–Crippen MR) is 79.5 cm³/mol. The van der Waals surface area contributed by atoms with Crippen molar-refractivity contribution in [1.82, 2.24) is 5.32 Å². The molecule has 0 saturated carbocycles. The van der Waals surface area contributed by atoms with Crippen LogP contribution in [0.15, 0.2) is 46.9 Å². The molecule has 108 valence electrons. The average Bonchev–Trinajstić information content (AvgIpc) is 3.01. The van der Waals surface area contributed by atoms with Gasteiger partial charge in [-0.3, -0.25) is 4.79 Å². The number of carbonyl (C=O) groups is 1. The van der Waals surface area contributed by atoms with Crippen molar-refractivity contribution in [1.29, 1.82) is 0 Å². The quantitative estimate of drug-likeness (QED) is 0.850. The van der Waals surface area contributed by atoms with E-state index >= 15 is 0 Å². The van der Waals surface area contributed by atoms with Crippen molar-refractivity contribution in [3.8, 4) is 0 Å². The van der Waals surface area contributed by atoms with Crippen molar-refractivity contribution < 1.29 is 14.3 Å². The Hall–Kier alpha value is -2.33. The molecule has 4 heteroatoms. The highest BCUT2D eigenvalue weighted by molar-refractivity contribution is 5.91. The fourth-order valence-electron chi connectivity index (χ4n) is 2.65. The molecule has 1 aliphatic rings. The second-order valence-electron chi connectivity index (χ2n) is 5.24. The molecule has 1 aromatic carbocycles. The van der Waals surface area contributed by atoms with Crippen molar-refractivity contribution in [2.75, 3.05) is 0 Å². The van der Waals surface area contributed by atoms with Crippen LogP contribution in [0.4, 0.5) is 0 Å². The predicted octanol–water partition coefficient (Wildman–Crippen LogP) is 2.38. The molecule has 0 bridgehead atoms. The minimum atomic E-state index is -0.578. The maximum absolute atomic E-state index is 12.0. The van der Waals surface area contributed by atoms with Crippen molar-refractivity contribution in [3.63, 3.8) is 0 Å². The summed E-state index contributed by atoms with van der Waals surface area (Å²) in [6.07, 6.45) is 3.04. The van der Waals surface area contributed by atoms with Gasteiger partial charge in [-0.2, -0.15) is 0 Å². The molecule has 21 heavy (non-hydrogen) atoms. The molecule has 1 amide bonds. The molecule has 3 rings (SSSR count). The van der Waals surface area contributed by atoms with Crippen LogP contribution >= 0.6 is 0 Å². The van der Waals surface area contributed by atoms with Crippen LogP contribution in [0.3, 0.4) is 0 Å². The molecule has 1 aromatic heterocycles. The highest BCUT2D eigenvalue weighted by atomic mass is 16.3.